The molecular formula is C22H16ClF3N8O3. The van der Waals surface area contributed by atoms with Crippen LogP contribution in [0.1, 0.15) is 28.9 Å². The van der Waals surface area contributed by atoms with Gasteiger partial charge in [-0.3, -0.25) is 9.69 Å². The molecule has 15 heteroatoms. The van der Waals surface area contributed by atoms with Crippen LogP contribution in [-0.4, -0.2) is 47.1 Å². The highest BCUT2D eigenvalue weighted by atomic mass is 35.5. The number of rotatable bonds is 6. The fraction of sp³-hybridized carbons (Fsp3) is 0.136. The maximum Gasteiger partial charge on any atom is 0.413 e. The lowest BCUT2D eigenvalue weighted by molar-refractivity contribution is 0.102. The Kier molecular flexibility index (Phi) is 7.02. The van der Waals surface area contributed by atoms with E-state index in [-0.39, 0.29) is 33.5 Å². The minimum atomic E-state index is -1.58. The van der Waals surface area contributed by atoms with Crippen molar-refractivity contribution >= 4 is 35.1 Å². The number of amides is 2. The van der Waals surface area contributed by atoms with Gasteiger partial charge in [0.1, 0.15) is 16.7 Å². The van der Waals surface area contributed by atoms with Crippen LogP contribution in [-0.2, 0) is 7.05 Å². The van der Waals surface area contributed by atoms with Crippen molar-refractivity contribution in [3.8, 4) is 11.4 Å². The Bertz CT molecular complexity index is 1500. The van der Waals surface area contributed by atoms with Crippen LogP contribution in [0.25, 0.3) is 11.4 Å². The Morgan fingerprint density at radius 2 is 1.84 bits per heavy atom. The molecule has 11 nitrogen and oxygen atoms in total. The van der Waals surface area contributed by atoms with Crippen molar-refractivity contribution in [2.75, 3.05) is 10.2 Å². The molecule has 4 heterocycles. The third-order valence-electron chi connectivity index (χ3n) is 5.21. The first kappa shape index (κ1) is 25.5. The number of carbonyl (C=O) groups is 2. The van der Waals surface area contributed by atoms with E-state index in [1.165, 1.54) is 32.3 Å². The number of aromatic nitrogens is 6. The van der Waals surface area contributed by atoms with Crippen molar-refractivity contribution in [2.45, 2.75) is 13.0 Å². The van der Waals surface area contributed by atoms with Crippen LogP contribution >= 0.6 is 11.6 Å². The Labute approximate surface area is 211 Å². The Hall–Kier alpha value is -4.59. The van der Waals surface area contributed by atoms with Gasteiger partial charge in [-0.15, -0.1) is 5.10 Å². The van der Waals surface area contributed by atoms with Gasteiger partial charge in [0.05, 0.1) is 29.7 Å². The van der Waals surface area contributed by atoms with E-state index in [0.717, 1.165) is 23.0 Å². The zero-order valence-corrected chi connectivity index (χ0v) is 19.8. The summed E-state index contributed by atoms with van der Waals surface area (Å²) >= 11 is 5.70. The first-order chi connectivity index (χ1) is 17.6. The molecule has 0 radical (unpaired) electrons. The van der Waals surface area contributed by atoms with Gasteiger partial charge in [0.2, 0.25) is 5.95 Å². The summed E-state index contributed by atoms with van der Waals surface area (Å²) < 4.78 is 44.2. The highest BCUT2D eigenvalue weighted by molar-refractivity contribution is 6.29. The minimum absolute atomic E-state index is 0.0111. The molecule has 0 fully saturated rings. The van der Waals surface area contributed by atoms with E-state index in [4.69, 9.17) is 11.6 Å². The van der Waals surface area contributed by atoms with E-state index in [0.29, 0.717) is 11.1 Å². The number of carbonyl (C=O) groups excluding carboxylic acids is 1. The largest absolute Gasteiger partial charge is 0.465 e. The fourth-order valence-electron chi connectivity index (χ4n) is 3.48. The van der Waals surface area contributed by atoms with Gasteiger partial charge < -0.3 is 10.4 Å². The van der Waals surface area contributed by atoms with E-state index < -0.39 is 41.3 Å². The predicted octanol–water partition coefficient (Wildman–Crippen LogP) is 4.24. The molecule has 4 rings (SSSR count). The van der Waals surface area contributed by atoms with Crippen molar-refractivity contribution in [1.82, 2.24) is 29.9 Å². The van der Waals surface area contributed by atoms with Gasteiger partial charge >= 0.3 is 6.09 Å². The molecule has 0 aromatic carbocycles. The number of nitrogens with zero attached hydrogens (tertiary/aromatic N) is 7. The first-order valence-electron chi connectivity index (χ1n) is 10.4. The van der Waals surface area contributed by atoms with Crippen molar-refractivity contribution < 1.29 is 27.9 Å². The summed E-state index contributed by atoms with van der Waals surface area (Å²) in [6.07, 6.45) is 1.43. The summed E-state index contributed by atoms with van der Waals surface area (Å²) in [5, 5.41) is 20.1. The number of carboxylic acid groups (broad SMARTS) is 1. The number of anilines is 2. The Morgan fingerprint density at radius 3 is 2.49 bits per heavy atom. The first-order valence-corrected chi connectivity index (χ1v) is 10.8. The average Bonchev–Trinajstić information content (AvgIpc) is 3.21. The second-order valence-electron chi connectivity index (χ2n) is 7.63. The number of hydrogen-bond acceptors (Lipinski definition) is 7. The smallest absolute Gasteiger partial charge is 0.413 e. The maximum atomic E-state index is 15.1. The Balaban J connectivity index is 1.69. The monoisotopic (exact) mass is 532 g/mol. The van der Waals surface area contributed by atoms with E-state index in [1.54, 1.807) is 0 Å². The second kappa shape index (κ2) is 10.2. The van der Waals surface area contributed by atoms with Crippen LogP contribution in [0.2, 0.25) is 5.15 Å². The van der Waals surface area contributed by atoms with Crippen LogP contribution in [0.3, 0.4) is 0 Å². The molecule has 0 aliphatic heterocycles. The number of hydrogen-bond donors (Lipinski definition) is 2. The van der Waals surface area contributed by atoms with E-state index in [1.807, 2.05) is 0 Å². The Morgan fingerprint density at radius 1 is 1.08 bits per heavy atom. The summed E-state index contributed by atoms with van der Waals surface area (Å²) in [7, 11) is 1.33. The summed E-state index contributed by atoms with van der Waals surface area (Å²) in [5.41, 5.74) is -0.902. The number of aryl methyl sites for hydroxylation is 1. The fourth-order valence-corrected chi connectivity index (χ4v) is 3.59. The lowest BCUT2D eigenvalue weighted by atomic mass is 10.1. The van der Waals surface area contributed by atoms with Crippen molar-refractivity contribution in [2.24, 2.45) is 7.05 Å². The van der Waals surface area contributed by atoms with Crippen LogP contribution in [0.15, 0.2) is 42.9 Å². The lowest BCUT2D eigenvalue weighted by Crippen LogP contribution is -2.35. The summed E-state index contributed by atoms with van der Waals surface area (Å²) in [6, 6.07) is 3.28. The van der Waals surface area contributed by atoms with Gasteiger partial charge in [-0.2, -0.15) is 4.39 Å². The third kappa shape index (κ3) is 5.18. The molecule has 190 valence electrons. The highest BCUT2D eigenvalue weighted by Crippen LogP contribution is 2.35. The minimum Gasteiger partial charge on any atom is -0.465 e. The third-order valence-corrected chi connectivity index (χ3v) is 5.44. The molecule has 37 heavy (non-hydrogen) atoms. The molecule has 0 saturated carbocycles. The van der Waals surface area contributed by atoms with E-state index in [2.05, 4.69) is 30.6 Å². The number of halogens is 4. The molecule has 4 aromatic heterocycles. The zero-order valence-electron chi connectivity index (χ0n) is 19.0. The van der Waals surface area contributed by atoms with Gasteiger partial charge in [-0.25, -0.2) is 33.2 Å². The van der Waals surface area contributed by atoms with Crippen molar-refractivity contribution in [3.63, 3.8) is 0 Å². The summed E-state index contributed by atoms with van der Waals surface area (Å²) in [4.78, 5) is 36.3. The predicted molar refractivity (Wildman–Crippen MR) is 124 cm³/mol. The molecule has 1 unspecified atom stereocenters. The molecule has 0 aliphatic carbocycles. The average molecular weight is 533 g/mol. The van der Waals surface area contributed by atoms with E-state index >= 15 is 4.39 Å². The van der Waals surface area contributed by atoms with Gasteiger partial charge in [0.15, 0.2) is 17.3 Å². The standard InChI is InChI=1S/C22H16ClF3N8O3/c1-10(14-5-12(24)8-29-19(14)26)34(22(36)37)21-18(31-32-33(21)2)17-15(25)6-13(9-28-17)30-20(35)11-3-4-16(23)27-7-11/h3-10H,1-2H3,(H,30,35)(H,36,37). The molecule has 0 saturated heterocycles. The molecule has 0 aliphatic rings. The maximum absolute atomic E-state index is 15.1. The van der Waals surface area contributed by atoms with Gasteiger partial charge in [-0.1, -0.05) is 16.8 Å². The zero-order chi connectivity index (χ0) is 26.9. The molecule has 0 spiro atoms. The van der Waals surface area contributed by atoms with Crippen molar-refractivity contribution in [1.29, 1.82) is 0 Å². The van der Waals surface area contributed by atoms with Crippen LogP contribution in [0, 0.1) is 17.6 Å². The molecule has 0 bridgehead atoms. The molecular weight excluding hydrogens is 517 g/mol. The second-order valence-corrected chi connectivity index (χ2v) is 8.01. The van der Waals surface area contributed by atoms with Crippen LogP contribution in [0.5, 0.6) is 0 Å². The highest BCUT2D eigenvalue weighted by Gasteiger charge is 2.33. The molecule has 1 atom stereocenters. The summed E-state index contributed by atoms with van der Waals surface area (Å²) in [6.45, 7) is 1.29. The quantitative estimate of drug-likeness (QED) is 0.352. The van der Waals surface area contributed by atoms with Gasteiger partial charge in [0, 0.05) is 24.9 Å². The van der Waals surface area contributed by atoms with Crippen LogP contribution in [0.4, 0.5) is 29.5 Å². The topological polar surface area (TPSA) is 139 Å². The lowest BCUT2D eigenvalue weighted by Gasteiger charge is -2.27. The number of pyridine rings is 3. The number of nitrogens with one attached hydrogen (secondary N) is 1. The van der Waals surface area contributed by atoms with Gasteiger partial charge in [0.25, 0.3) is 5.91 Å². The van der Waals surface area contributed by atoms with Crippen molar-refractivity contribution in [3.05, 3.63) is 76.7 Å². The molecule has 2 N–H and O–H groups in total. The van der Waals surface area contributed by atoms with Gasteiger partial charge in [-0.05, 0) is 25.1 Å². The normalized spacial score (nSPS) is 11.7. The molecule has 2 amide bonds. The SMILES string of the molecule is CC(c1cc(F)cnc1F)N(C(=O)O)c1c(-c2ncc(NC(=O)c3ccc(Cl)nc3)cc2F)nnn1C. The van der Waals surface area contributed by atoms with E-state index in [9.17, 15) is 23.5 Å². The van der Waals surface area contributed by atoms with Crippen LogP contribution < -0.4 is 10.2 Å². The molecule has 4 aromatic rings. The summed E-state index contributed by atoms with van der Waals surface area (Å²) in [5.74, 6) is -3.80.